The average molecular weight is 288 g/mol. The lowest BCUT2D eigenvalue weighted by atomic mass is 10.2. The third kappa shape index (κ3) is 3.22. The molecule has 0 fully saturated rings. The van der Waals surface area contributed by atoms with Crippen LogP contribution in [-0.4, -0.2) is 29.8 Å². The first-order valence-corrected chi connectivity index (χ1v) is 6.81. The van der Waals surface area contributed by atoms with E-state index in [0.29, 0.717) is 24.7 Å². The van der Waals surface area contributed by atoms with Gasteiger partial charge in [0.15, 0.2) is 5.82 Å². The van der Waals surface area contributed by atoms with Gasteiger partial charge < -0.3 is 19.9 Å². The lowest BCUT2D eigenvalue weighted by Gasteiger charge is -2.24. The van der Waals surface area contributed by atoms with E-state index in [9.17, 15) is 4.79 Å². The molecular formula is C15H20N4O2. The van der Waals surface area contributed by atoms with Crippen LogP contribution in [0.3, 0.4) is 0 Å². The van der Waals surface area contributed by atoms with Crippen LogP contribution in [0.5, 0.6) is 5.75 Å². The van der Waals surface area contributed by atoms with E-state index in [1.807, 2.05) is 29.2 Å². The molecule has 0 saturated carbocycles. The van der Waals surface area contributed by atoms with Crippen molar-refractivity contribution < 1.29 is 4.74 Å². The number of nitrogens with two attached hydrogens (primary N) is 1. The highest BCUT2D eigenvalue weighted by atomic mass is 16.5. The van der Waals surface area contributed by atoms with Gasteiger partial charge in [-0.05, 0) is 25.1 Å². The zero-order valence-corrected chi connectivity index (χ0v) is 12.3. The number of benzene rings is 1. The van der Waals surface area contributed by atoms with Crippen LogP contribution >= 0.6 is 0 Å². The summed E-state index contributed by atoms with van der Waals surface area (Å²) in [5, 5.41) is 0. The number of ether oxygens (including phenoxy) is 1. The third-order valence-electron chi connectivity index (χ3n) is 3.22. The lowest BCUT2D eigenvalue weighted by molar-refractivity contribution is 0.415. The molecule has 0 saturated heterocycles. The molecule has 0 radical (unpaired) electrons. The minimum Gasteiger partial charge on any atom is -0.495 e. The maximum Gasteiger partial charge on any atom is 0.293 e. The Morgan fingerprint density at radius 1 is 1.38 bits per heavy atom. The number of anilines is 2. The molecule has 0 atom stereocenters. The Labute approximate surface area is 123 Å². The molecule has 2 rings (SSSR count). The van der Waals surface area contributed by atoms with Crippen molar-refractivity contribution in [2.45, 2.75) is 6.42 Å². The Hall–Kier alpha value is -2.34. The van der Waals surface area contributed by atoms with Crippen LogP contribution < -0.4 is 20.9 Å². The van der Waals surface area contributed by atoms with Gasteiger partial charge in [-0.2, -0.15) is 0 Å². The zero-order valence-electron chi connectivity index (χ0n) is 12.3. The topological polar surface area (TPSA) is 73.4 Å². The summed E-state index contributed by atoms with van der Waals surface area (Å²) < 4.78 is 6.90. The van der Waals surface area contributed by atoms with E-state index in [1.165, 1.54) is 4.57 Å². The van der Waals surface area contributed by atoms with Crippen LogP contribution in [0.1, 0.15) is 6.42 Å². The van der Waals surface area contributed by atoms with E-state index in [4.69, 9.17) is 10.5 Å². The molecule has 0 aliphatic heterocycles. The van der Waals surface area contributed by atoms with Crippen molar-refractivity contribution in [3.05, 3.63) is 47.0 Å². The van der Waals surface area contributed by atoms with Gasteiger partial charge in [0.2, 0.25) is 0 Å². The molecule has 1 aromatic heterocycles. The number of rotatable bonds is 6. The minimum atomic E-state index is -0.152. The molecule has 0 amide bonds. The molecule has 21 heavy (non-hydrogen) atoms. The molecule has 6 nitrogen and oxygen atoms in total. The van der Waals surface area contributed by atoms with Crippen molar-refractivity contribution in [1.29, 1.82) is 0 Å². The van der Waals surface area contributed by atoms with E-state index in [-0.39, 0.29) is 5.56 Å². The zero-order chi connectivity index (χ0) is 15.2. The summed E-state index contributed by atoms with van der Waals surface area (Å²) in [5.41, 5.74) is 6.27. The molecule has 1 aromatic carbocycles. The van der Waals surface area contributed by atoms with E-state index < -0.39 is 0 Å². The minimum absolute atomic E-state index is 0.152. The third-order valence-corrected chi connectivity index (χ3v) is 3.22. The molecule has 0 aliphatic rings. The van der Waals surface area contributed by atoms with Gasteiger partial charge >= 0.3 is 0 Å². The lowest BCUT2D eigenvalue weighted by Crippen LogP contribution is -2.31. The van der Waals surface area contributed by atoms with Gasteiger partial charge in [0.25, 0.3) is 5.56 Å². The highest BCUT2D eigenvalue weighted by molar-refractivity contribution is 5.66. The quantitative estimate of drug-likeness (QED) is 0.866. The summed E-state index contributed by atoms with van der Waals surface area (Å²) >= 11 is 0. The van der Waals surface area contributed by atoms with E-state index in [1.54, 1.807) is 26.6 Å². The Balaban J connectivity index is 2.52. The fraction of sp³-hybridized carbons (Fsp3) is 0.333. The van der Waals surface area contributed by atoms with Crippen LogP contribution in [0.4, 0.5) is 11.5 Å². The molecule has 112 valence electrons. The predicted molar refractivity (Wildman–Crippen MR) is 83.1 cm³/mol. The fourth-order valence-corrected chi connectivity index (χ4v) is 2.11. The maximum absolute atomic E-state index is 12.3. The summed E-state index contributed by atoms with van der Waals surface area (Å²) in [7, 11) is 3.31. The second-order valence-electron chi connectivity index (χ2n) is 4.63. The Bertz CT molecular complexity index is 654. The van der Waals surface area contributed by atoms with Crippen molar-refractivity contribution >= 4 is 11.5 Å². The smallest absolute Gasteiger partial charge is 0.293 e. The van der Waals surface area contributed by atoms with Gasteiger partial charge in [0.1, 0.15) is 5.75 Å². The van der Waals surface area contributed by atoms with Crippen LogP contribution in [0.25, 0.3) is 0 Å². The Morgan fingerprint density at radius 3 is 2.86 bits per heavy atom. The van der Waals surface area contributed by atoms with Crippen LogP contribution in [0, 0.1) is 0 Å². The van der Waals surface area contributed by atoms with Crippen molar-refractivity contribution in [3.63, 3.8) is 0 Å². The van der Waals surface area contributed by atoms with Crippen LogP contribution in [0.2, 0.25) is 0 Å². The summed E-state index contributed by atoms with van der Waals surface area (Å²) in [6.45, 7) is 1.14. The number of hydrogen-bond donors (Lipinski definition) is 1. The second kappa shape index (κ2) is 6.90. The summed E-state index contributed by atoms with van der Waals surface area (Å²) in [6.07, 6.45) is 3.99. The largest absolute Gasteiger partial charge is 0.495 e. The number of aryl methyl sites for hydroxylation is 1. The number of methoxy groups -OCH3 is 1. The molecule has 0 bridgehead atoms. The van der Waals surface area contributed by atoms with E-state index in [0.717, 1.165) is 12.1 Å². The number of aromatic nitrogens is 2. The van der Waals surface area contributed by atoms with Crippen molar-refractivity contribution in [1.82, 2.24) is 9.55 Å². The number of para-hydroxylation sites is 2. The van der Waals surface area contributed by atoms with Gasteiger partial charge in [0.05, 0.1) is 12.8 Å². The number of hydrogen-bond acceptors (Lipinski definition) is 5. The van der Waals surface area contributed by atoms with Gasteiger partial charge in [0, 0.05) is 26.0 Å². The maximum atomic E-state index is 12.3. The van der Waals surface area contributed by atoms with Crippen molar-refractivity contribution in [2.75, 3.05) is 25.1 Å². The number of nitrogens with zero attached hydrogens (tertiary/aromatic N) is 3. The van der Waals surface area contributed by atoms with Crippen LogP contribution in [-0.2, 0) is 7.05 Å². The summed E-state index contributed by atoms with van der Waals surface area (Å²) in [4.78, 5) is 18.4. The molecule has 0 spiro atoms. The monoisotopic (exact) mass is 288 g/mol. The van der Waals surface area contributed by atoms with E-state index >= 15 is 0 Å². The first kappa shape index (κ1) is 15.1. The first-order valence-electron chi connectivity index (χ1n) is 6.81. The van der Waals surface area contributed by atoms with Gasteiger partial charge in [-0.3, -0.25) is 4.79 Å². The SMILES string of the molecule is COc1ccccc1N(CCCN)c1nccn(C)c1=O. The molecule has 6 heteroatoms. The molecular weight excluding hydrogens is 268 g/mol. The molecule has 0 unspecified atom stereocenters. The normalized spacial score (nSPS) is 10.4. The van der Waals surface area contributed by atoms with Gasteiger partial charge in [-0.25, -0.2) is 4.98 Å². The van der Waals surface area contributed by atoms with Crippen molar-refractivity contribution in [2.24, 2.45) is 12.8 Å². The highest BCUT2D eigenvalue weighted by Crippen LogP contribution is 2.31. The molecule has 2 aromatic rings. The summed E-state index contributed by atoms with van der Waals surface area (Å²) in [6, 6.07) is 7.56. The average Bonchev–Trinajstić information content (AvgIpc) is 2.52. The van der Waals surface area contributed by atoms with Gasteiger partial charge in [-0.15, -0.1) is 0 Å². The standard InChI is InChI=1S/C15H20N4O2/c1-18-11-9-17-14(15(18)20)19(10-5-8-16)12-6-3-4-7-13(12)21-2/h3-4,6-7,9,11H,5,8,10,16H2,1-2H3. The van der Waals surface area contributed by atoms with Crippen LogP contribution in [0.15, 0.2) is 41.5 Å². The first-order chi connectivity index (χ1) is 10.2. The van der Waals surface area contributed by atoms with Crippen molar-refractivity contribution in [3.8, 4) is 5.75 Å². The molecule has 1 heterocycles. The second-order valence-corrected chi connectivity index (χ2v) is 4.63. The molecule has 0 aliphatic carbocycles. The predicted octanol–water partition coefficient (Wildman–Crippen LogP) is 1.28. The summed E-state index contributed by atoms with van der Waals surface area (Å²) in [5.74, 6) is 1.07. The fourth-order valence-electron chi connectivity index (χ4n) is 2.11. The Kier molecular flexibility index (Phi) is 4.94. The Morgan fingerprint density at radius 2 is 2.14 bits per heavy atom. The van der Waals surface area contributed by atoms with E-state index in [2.05, 4.69) is 4.98 Å². The van der Waals surface area contributed by atoms with Gasteiger partial charge in [-0.1, -0.05) is 12.1 Å². The highest BCUT2D eigenvalue weighted by Gasteiger charge is 2.18. The molecule has 2 N–H and O–H groups in total.